The lowest BCUT2D eigenvalue weighted by molar-refractivity contribution is 0.573. The lowest BCUT2D eigenvalue weighted by atomic mass is 10.1. The van der Waals surface area contributed by atoms with Crippen LogP contribution in [0, 0.1) is 6.92 Å². The summed E-state index contributed by atoms with van der Waals surface area (Å²) < 4.78 is 0. The highest BCUT2D eigenvalue weighted by Gasteiger charge is 2.11. The minimum atomic E-state index is 1.11. The zero-order valence-corrected chi connectivity index (χ0v) is 10.2. The van der Waals surface area contributed by atoms with E-state index in [1.165, 1.54) is 32.4 Å². The Morgan fingerprint density at radius 1 is 1.07 bits per heavy atom. The first-order valence-electron chi connectivity index (χ1n) is 6.05. The third-order valence-corrected chi connectivity index (χ3v) is 2.55. The topological polar surface area (TPSA) is 16.1 Å². The molecule has 2 heterocycles. The molecule has 2 heteroatoms. The van der Waals surface area contributed by atoms with Gasteiger partial charge in [0, 0.05) is 18.8 Å². The van der Waals surface area contributed by atoms with Gasteiger partial charge in [-0.15, -0.1) is 0 Å². The van der Waals surface area contributed by atoms with Crippen LogP contribution in [0.3, 0.4) is 0 Å². The molecule has 2 nitrogen and oxygen atoms in total. The van der Waals surface area contributed by atoms with E-state index >= 15 is 0 Å². The van der Waals surface area contributed by atoms with Crippen molar-refractivity contribution in [3.63, 3.8) is 0 Å². The zero-order valence-electron chi connectivity index (χ0n) is 10.2. The van der Waals surface area contributed by atoms with Crippen LogP contribution in [0.25, 0.3) is 0 Å². The maximum Gasteiger partial charge on any atom is 0.128 e. The molecule has 0 aromatic carbocycles. The van der Waals surface area contributed by atoms with E-state index in [1.54, 1.807) is 0 Å². The van der Waals surface area contributed by atoms with Crippen molar-refractivity contribution < 1.29 is 0 Å². The SMILES string of the molecule is CC.Cc1cccc(N2CCCCC2)n1. The van der Waals surface area contributed by atoms with Crippen LogP contribution in [-0.4, -0.2) is 18.1 Å². The normalized spacial score (nSPS) is 15.5. The van der Waals surface area contributed by atoms with Gasteiger partial charge in [-0.1, -0.05) is 19.9 Å². The summed E-state index contributed by atoms with van der Waals surface area (Å²) in [6.45, 7) is 8.40. The fourth-order valence-electron chi connectivity index (χ4n) is 1.83. The summed E-state index contributed by atoms with van der Waals surface area (Å²) in [5.41, 5.74) is 1.11. The molecule has 0 radical (unpaired) electrons. The summed E-state index contributed by atoms with van der Waals surface area (Å²) >= 11 is 0. The molecule has 0 N–H and O–H groups in total. The molecule has 1 saturated heterocycles. The second-order valence-corrected chi connectivity index (χ2v) is 3.68. The lowest BCUT2D eigenvalue weighted by Crippen LogP contribution is -2.30. The van der Waals surface area contributed by atoms with Crippen LogP contribution in [0.4, 0.5) is 5.82 Å². The summed E-state index contributed by atoms with van der Waals surface area (Å²) in [5.74, 6) is 1.15. The molecule has 0 atom stereocenters. The molecule has 0 unspecified atom stereocenters. The Hall–Kier alpha value is -1.05. The number of piperidine rings is 1. The van der Waals surface area contributed by atoms with Gasteiger partial charge in [-0.25, -0.2) is 4.98 Å². The molecule has 1 aliphatic rings. The van der Waals surface area contributed by atoms with E-state index < -0.39 is 0 Å². The van der Waals surface area contributed by atoms with Crippen LogP contribution in [0.2, 0.25) is 0 Å². The predicted molar refractivity (Wildman–Crippen MR) is 66.4 cm³/mol. The molecule has 0 amide bonds. The van der Waals surface area contributed by atoms with Gasteiger partial charge in [-0.3, -0.25) is 0 Å². The Morgan fingerprint density at radius 2 is 1.73 bits per heavy atom. The Kier molecular flexibility index (Phi) is 5.16. The number of aromatic nitrogens is 1. The number of aryl methyl sites for hydroxylation is 1. The lowest BCUT2D eigenvalue weighted by Gasteiger charge is -2.27. The number of nitrogens with zero attached hydrogens (tertiary/aromatic N) is 2. The second kappa shape index (κ2) is 6.44. The van der Waals surface area contributed by atoms with Crippen molar-refractivity contribution in [2.45, 2.75) is 40.0 Å². The van der Waals surface area contributed by atoms with Crippen molar-refractivity contribution in [3.05, 3.63) is 23.9 Å². The predicted octanol–water partition coefficient (Wildman–Crippen LogP) is 3.41. The van der Waals surface area contributed by atoms with E-state index in [0.717, 1.165) is 11.5 Å². The number of rotatable bonds is 1. The summed E-state index contributed by atoms with van der Waals surface area (Å²) in [5, 5.41) is 0. The monoisotopic (exact) mass is 206 g/mol. The highest BCUT2D eigenvalue weighted by molar-refractivity contribution is 5.39. The fraction of sp³-hybridized carbons (Fsp3) is 0.615. The average molecular weight is 206 g/mol. The summed E-state index contributed by atoms with van der Waals surface area (Å²) in [6.07, 6.45) is 4.01. The highest BCUT2D eigenvalue weighted by Crippen LogP contribution is 2.17. The van der Waals surface area contributed by atoms with Crippen LogP contribution in [0.5, 0.6) is 0 Å². The largest absolute Gasteiger partial charge is 0.357 e. The first kappa shape index (κ1) is 12.0. The van der Waals surface area contributed by atoms with Gasteiger partial charge in [0.15, 0.2) is 0 Å². The van der Waals surface area contributed by atoms with Crippen molar-refractivity contribution in [3.8, 4) is 0 Å². The Bertz CT molecular complexity index is 278. The van der Waals surface area contributed by atoms with Gasteiger partial charge in [0.1, 0.15) is 5.82 Å². The van der Waals surface area contributed by atoms with Crippen molar-refractivity contribution >= 4 is 5.82 Å². The van der Waals surface area contributed by atoms with Gasteiger partial charge < -0.3 is 4.90 Å². The van der Waals surface area contributed by atoms with Crippen LogP contribution >= 0.6 is 0 Å². The Labute approximate surface area is 93.3 Å². The van der Waals surface area contributed by atoms with Crippen LogP contribution in [0.1, 0.15) is 38.8 Å². The van der Waals surface area contributed by atoms with Gasteiger partial charge in [0.05, 0.1) is 0 Å². The first-order valence-corrected chi connectivity index (χ1v) is 6.05. The third-order valence-electron chi connectivity index (χ3n) is 2.55. The number of pyridine rings is 1. The number of hydrogen-bond acceptors (Lipinski definition) is 2. The fourth-order valence-corrected chi connectivity index (χ4v) is 1.83. The molecule has 1 aliphatic heterocycles. The number of hydrogen-bond donors (Lipinski definition) is 0. The van der Waals surface area contributed by atoms with Crippen LogP contribution in [-0.2, 0) is 0 Å². The van der Waals surface area contributed by atoms with Crippen LogP contribution < -0.4 is 4.90 Å². The molecular weight excluding hydrogens is 184 g/mol. The molecule has 1 aromatic heterocycles. The Morgan fingerprint density at radius 3 is 2.33 bits per heavy atom. The maximum absolute atomic E-state index is 4.52. The Balaban J connectivity index is 0.000000531. The quantitative estimate of drug-likeness (QED) is 0.700. The van der Waals surface area contributed by atoms with Crippen molar-refractivity contribution in [1.82, 2.24) is 4.98 Å². The minimum absolute atomic E-state index is 1.11. The molecule has 1 fully saturated rings. The summed E-state index contributed by atoms with van der Waals surface area (Å²) in [6, 6.07) is 6.25. The van der Waals surface area contributed by atoms with Gasteiger partial charge >= 0.3 is 0 Å². The summed E-state index contributed by atoms with van der Waals surface area (Å²) in [7, 11) is 0. The van der Waals surface area contributed by atoms with Gasteiger partial charge in [-0.2, -0.15) is 0 Å². The third kappa shape index (κ3) is 3.54. The highest BCUT2D eigenvalue weighted by atomic mass is 15.2. The molecule has 0 saturated carbocycles. The van der Waals surface area contributed by atoms with E-state index in [0.29, 0.717) is 0 Å². The number of anilines is 1. The van der Waals surface area contributed by atoms with Gasteiger partial charge in [0.2, 0.25) is 0 Å². The molecule has 2 rings (SSSR count). The van der Waals surface area contributed by atoms with Gasteiger partial charge in [-0.05, 0) is 38.3 Å². The molecule has 0 spiro atoms. The van der Waals surface area contributed by atoms with Gasteiger partial charge in [0.25, 0.3) is 0 Å². The zero-order chi connectivity index (χ0) is 11.1. The average Bonchev–Trinajstić information content (AvgIpc) is 2.33. The first-order chi connectivity index (χ1) is 7.36. The van der Waals surface area contributed by atoms with E-state index in [1.807, 2.05) is 26.8 Å². The smallest absolute Gasteiger partial charge is 0.128 e. The molecule has 0 bridgehead atoms. The van der Waals surface area contributed by atoms with E-state index in [4.69, 9.17) is 0 Å². The summed E-state index contributed by atoms with van der Waals surface area (Å²) in [4.78, 5) is 6.91. The van der Waals surface area contributed by atoms with Crippen molar-refractivity contribution in [2.75, 3.05) is 18.0 Å². The maximum atomic E-state index is 4.52. The van der Waals surface area contributed by atoms with E-state index in [9.17, 15) is 0 Å². The molecule has 84 valence electrons. The van der Waals surface area contributed by atoms with E-state index in [2.05, 4.69) is 22.0 Å². The standard InChI is InChI=1S/C11H16N2.C2H6/c1-10-6-5-7-11(12-10)13-8-3-2-4-9-13;1-2/h5-7H,2-4,8-9H2,1H3;1-2H3. The minimum Gasteiger partial charge on any atom is -0.357 e. The second-order valence-electron chi connectivity index (χ2n) is 3.68. The molecule has 1 aromatic rings. The van der Waals surface area contributed by atoms with E-state index in [-0.39, 0.29) is 0 Å². The van der Waals surface area contributed by atoms with Crippen molar-refractivity contribution in [2.24, 2.45) is 0 Å². The van der Waals surface area contributed by atoms with Crippen LogP contribution in [0.15, 0.2) is 18.2 Å². The molecular formula is C13H22N2. The molecule has 15 heavy (non-hydrogen) atoms. The molecule has 0 aliphatic carbocycles. The van der Waals surface area contributed by atoms with Crippen molar-refractivity contribution in [1.29, 1.82) is 0 Å².